The molecule has 0 saturated heterocycles. The number of aliphatic imine (C=N–C) groups is 1. The van der Waals surface area contributed by atoms with Crippen molar-refractivity contribution < 1.29 is 14.2 Å². The van der Waals surface area contributed by atoms with E-state index >= 15 is 0 Å². The summed E-state index contributed by atoms with van der Waals surface area (Å²) in [5.41, 5.74) is 1.76. The normalized spacial score (nSPS) is 14.1. The van der Waals surface area contributed by atoms with Gasteiger partial charge in [-0.2, -0.15) is 0 Å². The standard InChI is InChI=1S/C21H26FN3O2/c1-2-23-21(24-12-16-9-10-19(26)18(22)11-16)25-13-17-5-3-4-6-20(17)27-14-15-7-8-15/h3-6,9-11,15,26H,2,7-8,12-14H2,1H3,(H2,23,24,25). The molecule has 1 fully saturated rings. The number of nitrogens with zero attached hydrogens (tertiary/aromatic N) is 1. The Bertz CT molecular complexity index is 791. The first kappa shape index (κ1) is 19.0. The van der Waals surface area contributed by atoms with Crippen LogP contribution in [0.2, 0.25) is 0 Å². The zero-order valence-electron chi connectivity index (χ0n) is 15.5. The largest absolute Gasteiger partial charge is 0.505 e. The quantitative estimate of drug-likeness (QED) is 0.490. The summed E-state index contributed by atoms with van der Waals surface area (Å²) in [5, 5.41) is 15.8. The first-order valence-electron chi connectivity index (χ1n) is 9.36. The van der Waals surface area contributed by atoms with Crippen LogP contribution in [0.1, 0.15) is 30.9 Å². The van der Waals surface area contributed by atoms with Crippen LogP contribution in [0.15, 0.2) is 47.5 Å². The molecule has 1 saturated carbocycles. The molecule has 27 heavy (non-hydrogen) atoms. The van der Waals surface area contributed by atoms with E-state index < -0.39 is 5.82 Å². The minimum atomic E-state index is -0.637. The third kappa shape index (κ3) is 5.88. The number of hydrogen-bond donors (Lipinski definition) is 3. The van der Waals surface area contributed by atoms with Crippen molar-refractivity contribution in [1.29, 1.82) is 0 Å². The molecule has 3 rings (SSSR count). The molecule has 2 aromatic carbocycles. The van der Waals surface area contributed by atoms with Gasteiger partial charge in [0.1, 0.15) is 5.75 Å². The molecule has 2 aromatic rings. The number of rotatable bonds is 8. The molecule has 0 unspecified atom stereocenters. The van der Waals surface area contributed by atoms with Crippen LogP contribution in [-0.2, 0) is 13.1 Å². The van der Waals surface area contributed by atoms with E-state index in [4.69, 9.17) is 4.74 Å². The zero-order chi connectivity index (χ0) is 19.1. The maximum atomic E-state index is 13.5. The molecule has 0 atom stereocenters. The van der Waals surface area contributed by atoms with Gasteiger partial charge in [-0.05, 0) is 49.4 Å². The summed E-state index contributed by atoms with van der Waals surface area (Å²) in [6.45, 7) is 4.38. The van der Waals surface area contributed by atoms with Gasteiger partial charge in [0.25, 0.3) is 0 Å². The first-order chi connectivity index (χ1) is 13.2. The maximum absolute atomic E-state index is 13.5. The number of aromatic hydroxyl groups is 1. The fourth-order valence-corrected chi connectivity index (χ4v) is 2.62. The molecule has 0 bridgehead atoms. The van der Waals surface area contributed by atoms with Crippen molar-refractivity contribution in [3.63, 3.8) is 0 Å². The second kappa shape index (κ2) is 9.26. The average Bonchev–Trinajstić information content (AvgIpc) is 3.50. The van der Waals surface area contributed by atoms with Gasteiger partial charge in [-0.3, -0.25) is 0 Å². The van der Waals surface area contributed by atoms with Gasteiger partial charge in [0, 0.05) is 18.7 Å². The van der Waals surface area contributed by atoms with Gasteiger partial charge in [-0.1, -0.05) is 24.3 Å². The summed E-state index contributed by atoms with van der Waals surface area (Å²) < 4.78 is 19.4. The van der Waals surface area contributed by atoms with Crippen LogP contribution >= 0.6 is 0 Å². The minimum absolute atomic E-state index is 0.312. The molecule has 144 valence electrons. The highest BCUT2D eigenvalue weighted by molar-refractivity contribution is 5.79. The topological polar surface area (TPSA) is 65.9 Å². The maximum Gasteiger partial charge on any atom is 0.191 e. The number of phenols is 1. The van der Waals surface area contributed by atoms with Crippen molar-refractivity contribution >= 4 is 5.96 Å². The molecular weight excluding hydrogens is 345 g/mol. The third-order valence-electron chi connectivity index (χ3n) is 4.37. The molecule has 1 aliphatic carbocycles. The summed E-state index contributed by atoms with van der Waals surface area (Å²) in [5.74, 6) is 1.25. The summed E-state index contributed by atoms with van der Waals surface area (Å²) in [6.07, 6.45) is 2.52. The second-order valence-electron chi connectivity index (χ2n) is 6.70. The van der Waals surface area contributed by atoms with Gasteiger partial charge >= 0.3 is 0 Å². The van der Waals surface area contributed by atoms with E-state index in [1.54, 1.807) is 6.07 Å². The number of ether oxygens (including phenoxy) is 1. The number of para-hydroxylation sites is 1. The van der Waals surface area contributed by atoms with Gasteiger partial charge in [0.05, 0.1) is 13.2 Å². The van der Waals surface area contributed by atoms with E-state index in [-0.39, 0.29) is 5.75 Å². The van der Waals surface area contributed by atoms with Crippen molar-refractivity contribution in [3.8, 4) is 11.5 Å². The molecule has 0 amide bonds. The monoisotopic (exact) mass is 371 g/mol. The van der Waals surface area contributed by atoms with Crippen molar-refractivity contribution in [1.82, 2.24) is 10.6 Å². The van der Waals surface area contributed by atoms with Crippen molar-refractivity contribution in [2.24, 2.45) is 10.9 Å². The summed E-state index contributed by atoms with van der Waals surface area (Å²) >= 11 is 0. The Hall–Kier alpha value is -2.76. The number of guanidine groups is 1. The lowest BCUT2D eigenvalue weighted by molar-refractivity contribution is 0.296. The van der Waals surface area contributed by atoms with Crippen LogP contribution in [0, 0.1) is 11.7 Å². The lowest BCUT2D eigenvalue weighted by atomic mass is 10.2. The Labute approximate surface area is 159 Å². The highest BCUT2D eigenvalue weighted by Crippen LogP contribution is 2.30. The second-order valence-corrected chi connectivity index (χ2v) is 6.70. The summed E-state index contributed by atoms with van der Waals surface area (Å²) in [7, 11) is 0. The molecule has 0 spiro atoms. The number of hydrogen-bond acceptors (Lipinski definition) is 3. The molecule has 0 aromatic heterocycles. The van der Waals surface area contributed by atoms with Gasteiger partial charge in [0.15, 0.2) is 17.5 Å². The SMILES string of the molecule is CCNC(=NCc1ccc(O)c(F)c1)NCc1ccccc1OCC1CC1. The molecule has 1 aliphatic rings. The lowest BCUT2D eigenvalue weighted by Gasteiger charge is -2.14. The van der Waals surface area contributed by atoms with Gasteiger partial charge < -0.3 is 20.5 Å². The lowest BCUT2D eigenvalue weighted by Crippen LogP contribution is -2.36. The van der Waals surface area contributed by atoms with Crippen LogP contribution in [0.5, 0.6) is 11.5 Å². The Balaban J connectivity index is 1.61. The molecule has 0 heterocycles. The van der Waals surface area contributed by atoms with E-state index in [0.717, 1.165) is 24.5 Å². The van der Waals surface area contributed by atoms with Crippen molar-refractivity contribution in [2.45, 2.75) is 32.9 Å². The fourth-order valence-electron chi connectivity index (χ4n) is 2.62. The first-order valence-corrected chi connectivity index (χ1v) is 9.36. The zero-order valence-corrected chi connectivity index (χ0v) is 15.5. The van der Waals surface area contributed by atoms with Gasteiger partial charge in [-0.25, -0.2) is 9.38 Å². The van der Waals surface area contributed by atoms with Crippen LogP contribution in [0.25, 0.3) is 0 Å². The van der Waals surface area contributed by atoms with E-state index in [2.05, 4.69) is 15.6 Å². The summed E-state index contributed by atoms with van der Waals surface area (Å²) in [4.78, 5) is 4.49. The summed E-state index contributed by atoms with van der Waals surface area (Å²) in [6, 6.07) is 12.3. The van der Waals surface area contributed by atoms with Crippen molar-refractivity contribution in [2.75, 3.05) is 13.2 Å². The predicted molar refractivity (Wildman–Crippen MR) is 104 cm³/mol. The number of benzene rings is 2. The third-order valence-corrected chi connectivity index (χ3v) is 4.37. The Morgan fingerprint density at radius 1 is 1.22 bits per heavy atom. The van der Waals surface area contributed by atoms with Crippen LogP contribution < -0.4 is 15.4 Å². The Kier molecular flexibility index (Phi) is 6.52. The molecule has 6 heteroatoms. The Morgan fingerprint density at radius 3 is 2.78 bits per heavy atom. The van der Waals surface area contributed by atoms with Crippen LogP contribution in [0.3, 0.4) is 0 Å². The molecule has 5 nitrogen and oxygen atoms in total. The minimum Gasteiger partial charge on any atom is -0.505 e. The highest BCUT2D eigenvalue weighted by Gasteiger charge is 2.22. The average molecular weight is 371 g/mol. The smallest absolute Gasteiger partial charge is 0.191 e. The molecule has 0 aliphatic heterocycles. The van der Waals surface area contributed by atoms with Crippen LogP contribution in [0.4, 0.5) is 4.39 Å². The van der Waals surface area contributed by atoms with Crippen LogP contribution in [-0.4, -0.2) is 24.2 Å². The van der Waals surface area contributed by atoms with Gasteiger partial charge in [-0.15, -0.1) is 0 Å². The number of nitrogens with one attached hydrogen (secondary N) is 2. The van der Waals surface area contributed by atoms with Crippen molar-refractivity contribution in [3.05, 3.63) is 59.4 Å². The van der Waals surface area contributed by atoms with E-state index in [1.807, 2.05) is 31.2 Å². The van der Waals surface area contributed by atoms with E-state index in [1.165, 1.54) is 25.0 Å². The number of phenolic OH excluding ortho intramolecular Hbond substituents is 1. The molecular formula is C21H26FN3O2. The van der Waals surface area contributed by atoms with E-state index in [9.17, 15) is 9.50 Å². The number of halogens is 1. The fraction of sp³-hybridized carbons (Fsp3) is 0.381. The Morgan fingerprint density at radius 2 is 2.04 bits per heavy atom. The molecule has 3 N–H and O–H groups in total. The predicted octanol–water partition coefficient (Wildman–Crippen LogP) is 3.58. The highest BCUT2D eigenvalue weighted by atomic mass is 19.1. The van der Waals surface area contributed by atoms with Gasteiger partial charge in [0.2, 0.25) is 0 Å². The molecule has 0 radical (unpaired) electrons. The van der Waals surface area contributed by atoms with E-state index in [0.29, 0.717) is 30.5 Å².